The van der Waals surface area contributed by atoms with Crippen molar-refractivity contribution in [2.45, 2.75) is 70.4 Å². The van der Waals surface area contributed by atoms with Gasteiger partial charge in [-0.15, -0.1) is 0 Å². The molecular formula is C24H34O6. The minimum Gasteiger partial charge on any atom is -0.501 e. The van der Waals surface area contributed by atoms with Crippen LogP contribution in [0.15, 0.2) is 34.3 Å². The summed E-state index contributed by atoms with van der Waals surface area (Å²) in [5.74, 6) is 1.81. The van der Waals surface area contributed by atoms with Crippen molar-refractivity contribution in [3.8, 4) is 0 Å². The van der Waals surface area contributed by atoms with Crippen molar-refractivity contribution in [3.63, 3.8) is 0 Å². The maximum absolute atomic E-state index is 13.7. The number of carbonyl (C=O) groups is 1. The Morgan fingerprint density at radius 2 is 1.80 bits per heavy atom. The number of Topliss-reactive ketones (excluding diaryl/α,β-unsaturated/α-hetero) is 1. The summed E-state index contributed by atoms with van der Waals surface area (Å²) in [6.45, 7) is 4.58. The van der Waals surface area contributed by atoms with E-state index >= 15 is 0 Å². The molecule has 2 heterocycles. The molecule has 4 aliphatic rings. The molecule has 2 aliphatic carbocycles. The molecule has 0 spiro atoms. The van der Waals surface area contributed by atoms with Crippen LogP contribution in [0.1, 0.15) is 46.0 Å². The topological polar surface area (TPSA) is 63.2 Å². The molecule has 0 aromatic carbocycles. The first-order valence-corrected chi connectivity index (χ1v) is 11.0. The van der Waals surface area contributed by atoms with Crippen LogP contribution in [0.25, 0.3) is 0 Å². The number of hydrogen-bond donors (Lipinski definition) is 0. The molecule has 0 aromatic heterocycles. The van der Waals surface area contributed by atoms with Crippen LogP contribution in [0.5, 0.6) is 0 Å². The van der Waals surface area contributed by atoms with E-state index in [-0.39, 0.29) is 42.0 Å². The van der Waals surface area contributed by atoms with Gasteiger partial charge in [-0.1, -0.05) is 11.6 Å². The fourth-order valence-corrected chi connectivity index (χ4v) is 5.54. The van der Waals surface area contributed by atoms with Gasteiger partial charge >= 0.3 is 0 Å². The third-order valence-corrected chi connectivity index (χ3v) is 7.12. The summed E-state index contributed by atoms with van der Waals surface area (Å²) in [5.41, 5.74) is 3.07. The van der Waals surface area contributed by atoms with Crippen molar-refractivity contribution in [1.29, 1.82) is 0 Å². The highest BCUT2D eigenvalue weighted by molar-refractivity contribution is 6.00. The Morgan fingerprint density at radius 3 is 2.47 bits per heavy atom. The summed E-state index contributed by atoms with van der Waals surface area (Å²) >= 11 is 0. The van der Waals surface area contributed by atoms with E-state index in [0.717, 1.165) is 41.9 Å². The Hall–Kier alpha value is -1.63. The predicted molar refractivity (Wildman–Crippen MR) is 112 cm³/mol. The molecule has 2 aliphatic heterocycles. The van der Waals surface area contributed by atoms with Crippen LogP contribution in [-0.4, -0.2) is 58.1 Å². The molecule has 0 amide bonds. The van der Waals surface area contributed by atoms with E-state index in [2.05, 4.69) is 19.9 Å². The number of ketones is 1. The standard InChI is InChI=1S/C24H34O6/c1-13(2)6-7-14-17(26-3)9-8-15-23(25)22-16-10-19(27-4)20(28-5)11-18(16)29-12-21(22)30-24(14)15/h6,16,18-22H,7-12H2,1-5H3/t16?,18?,19?,20?,21-,22+/m1/s1. The molecule has 4 unspecified atom stereocenters. The zero-order chi connectivity index (χ0) is 21.4. The van der Waals surface area contributed by atoms with Gasteiger partial charge in [-0.25, -0.2) is 0 Å². The first kappa shape index (κ1) is 21.6. The third kappa shape index (κ3) is 3.74. The second kappa shape index (κ2) is 8.85. The van der Waals surface area contributed by atoms with Gasteiger partial charge in [0.2, 0.25) is 0 Å². The van der Waals surface area contributed by atoms with Gasteiger partial charge in [0, 0.05) is 44.1 Å². The lowest BCUT2D eigenvalue weighted by Crippen LogP contribution is -2.57. The molecule has 0 bridgehead atoms. The van der Waals surface area contributed by atoms with Crippen molar-refractivity contribution < 1.29 is 28.5 Å². The largest absolute Gasteiger partial charge is 0.501 e. The maximum atomic E-state index is 13.7. The molecule has 0 aromatic rings. The Kier molecular flexibility index (Phi) is 6.37. The Morgan fingerprint density at radius 1 is 1.07 bits per heavy atom. The van der Waals surface area contributed by atoms with Gasteiger partial charge in [-0.3, -0.25) is 4.79 Å². The number of rotatable bonds is 5. The van der Waals surface area contributed by atoms with E-state index in [1.54, 1.807) is 21.3 Å². The van der Waals surface area contributed by atoms with Gasteiger partial charge in [-0.05, 0) is 33.1 Å². The number of allylic oxidation sites excluding steroid dienone is 5. The molecular weight excluding hydrogens is 384 g/mol. The van der Waals surface area contributed by atoms with Gasteiger partial charge < -0.3 is 23.7 Å². The van der Waals surface area contributed by atoms with Crippen molar-refractivity contribution in [1.82, 2.24) is 0 Å². The number of ether oxygens (including phenoxy) is 5. The average Bonchev–Trinajstić information content (AvgIpc) is 2.75. The monoisotopic (exact) mass is 418 g/mol. The molecule has 1 saturated heterocycles. The van der Waals surface area contributed by atoms with E-state index in [4.69, 9.17) is 23.7 Å². The molecule has 6 heteroatoms. The van der Waals surface area contributed by atoms with Gasteiger partial charge in [0.05, 0.1) is 37.9 Å². The number of methoxy groups -OCH3 is 3. The molecule has 6 atom stereocenters. The lowest BCUT2D eigenvalue weighted by Gasteiger charge is -2.50. The van der Waals surface area contributed by atoms with Crippen molar-refractivity contribution in [3.05, 3.63) is 34.3 Å². The van der Waals surface area contributed by atoms with Gasteiger partial charge in [0.1, 0.15) is 17.6 Å². The summed E-state index contributed by atoms with van der Waals surface area (Å²) in [6.07, 6.45) is 5.51. The van der Waals surface area contributed by atoms with E-state index in [1.165, 1.54) is 5.57 Å². The highest BCUT2D eigenvalue weighted by Crippen LogP contribution is 2.48. The zero-order valence-corrected chi connectivity index (χ0v) is 18.7. The molecule has 2 fully saturated rings. The minimum absolute atomic E-state index is 0.000245. The summed E-state index contributed by atoms with van der Waals surface area (Å²) in [6, 6.07) is 0. The van der Waals surface area contributed by atoms with Gasteiger partial charge in [-0.2, -0.15) is 0 Å². The number of hydrogen-bond acceptors (Lipinski definition) is 6. The highest BCUT2D eigenvalue weighted by atomic mass is 16.6. The van der Waals surface area contributed by atoms with Crippen LogP contribution in [0, 0.1) is 11.8 Å². The van der Waals surface area contributed by atoms with Crippen LogP contribution in [0.4, 0.5) is 0 Å². The number of fused-ring (bicyclic) bond motifs is 3. The van der Waals surface area contributed by atoms with E-state index in [0.29, 0.717) is 19.4 Å². The van der Waals surface area contributed by atoms with E-state index < -0.39 is 0 Å². The molecule has 0 N–H and O–H groups in total. The normalized spacial score (nSPS) is 35.8. The van der Waals surface area contributed by atoms with E-state index in [9.17, 15) is 4.79 Å². The Bertz CT molecular complexity index is 775. The fourth-order valence-electron chi connectivity index (χ4n) is 5.54. The molecule has 30 heavy (non-hydrogen) atoms. The smallest absolute Gasteiger partial charge is 0.169 e. The van der Waals surface area contributed by atoms with Gasteiger partial charge in [0.25, 0.3) is 0 Å². The quantitative estimate of drug-likeness (QED) is 0.634. The second-order valence-corrected chi connectivity index (χ2v) is 9.00. The second-order valence-electron chi connectivity index (χ2n) is 9.00. The van der Waals surface area contributed by atoms with Crippen molar-refractivity contribution in [2.75, 3.05) is 27.9 Å². The molecule has 4 rings (SSSR count). The van der Waals surface area contributed by atoms with Crippen LogP contribution in [0.2, 0.25) is 0 Å². The SMILES string of the molecule is COC1=C(CC=C(C)C)C2=C(CC1)C(=O)[C@H]1C3CC(OC)C(OC)CC3OC[C@H]1O2. The first-order chi connectivity index (χ1) is 14.5. The number of carbonyl (C=O) groups excluding carboxylic acids is 1. The molecule has 1 saturated carbocycles. The summed E-state index contributed by atoms with van der Waals surface area (Å²) < 4.78 is 29.7. The fraction of sp³-hybridized carbons (Fsp3) is 0.708. The molecule has 0 radical (unpaired) electrons. The molecule has 166 valence electrons. The van der Waals surface area contributed by atoms with Crippen LogP contribution >= 0.6 is 0 Å². The zero-order valence-electron chi connectivity index (χ0n) is 18.7. The predicted octanol–water partition coefficient (Wildman–Crippen LogP) is 3.71. The minimum atomic E-state index is -0.257. The Balaban J connectivity index is 1.65. The van der Waals surface area contributed by atoms with Crippen LogP contribution in [0.3, 0.4) is 0 Å². The van der Waals surface area contributed by atoms with Crippen LogP contribution in [-0.2, 0) is 28.5 Å². The summed E-state index contributed by atoms with van der Waals surface area (Å²) in [4.78, 5) is 13.7. The van der Waals surface area contributed by atoms with Crippen molar-refractivity contribution >= 4 is 5.78 Å². The van der Waals surface area contributed by atoms with E-state index in [1.807, 2.05) is 0 Å². The van der Waals surface area contributed by atoms with Gasteiger partial charge in [0.15, 0.2) is 5.78 Å². The van der Waals surface area contributed by atoms with Crippen molar-refractivity contribution in [2.24, 2.45) is 11.8 Å². The third-order valence-electron chi connectivity index (χ3n) is 7.12. The maximum Gasteiger partial charge on any atom is 0.169 e. The summed E-state index contributed by atoms with van der Waals surface area (Å²) in [7, 11) is 5.13. The summed E-state index contributed by atoms with van der Waals surface area (Å²) in [5, 5.41) is 0. The first-order valence-electron chi connectivity index (χ1n) is 11.0. The average molecular weight is 419 g/mol. The molecule has 6 nitrogen and oxygen atoms in total. The van der Waals surface area contributed by atoms with Crippen LogP contribution < -0.4 is 0 Å². The Labute approximate surface area is 179 Å². The lowest BCUT2D eigenvalue weighted by molar-refractivity contribution is -0.194. The highest BCUT2D eigenvalue weighted by Gasteiger charge is 2.53. The lowest BCUT2D eigenvalue weighted by atomic mass is 9.67.